The molecule has 7 heteroatoms. The maximum Gasteiger partial charge on any atom is 0.241 e. The molecular formula is C18H26N2O4S. The van der Waals surface area contributed by atoms with Crippen molar-refractivity contribution in [1.82, 2.24) is 5.32 Å². The lowest BCUT2D eigenvalue weighted by Crippen LogP contribution is -2.42. The molecule has 2 fully saturated rings. The average molecular weight is 366 g/mol. The van der Waals surface area contributed by atoms with Crippen LogP contribution in [-0.4, -0.2) is 32.2 Å². The summed E-state index contributed by atoms with van der Waals surface area (Å²) in [5.41, 5.74) is 0.421. The SMILES string of the molecule is CC(C)Oc1ccc(NS(=O)(=O)CC(=O)NC(C2CC2)C2CC2)cc1. The van der Waals surface area contributed by atoms with Crippen molar-refractivity contribution in [3.05, 3.63) is 24.3 Å². The number of sulfonamides is 1. The molecule has 0 aliphatic heterocycles. The standard InChI is InChI=1S/C18H26N2O4S/c1-12(2)24-16-9-7-15(8-10-16)20-25(22,23)11-17(21)19-18(13-3-4-13)14-5-6-14/h7-10,12-14,18,20H,3-6,11H2,1-2H3,(H,19,21). The van der Waals surface area contributed by atoms with Crippen LogP contribution < -0.4 is 14.8 Å². The predicted octanol–water partition coefficient (Wildman–Crippen LogP) is 2.52. The second kappa shape index (κ2) is 7.23. The van der Waals surface area contributed by atoms with E-state index in [0.29, 0.717) is 23.3 Å². The highest BCUT2D eigenvalue weighted by Gasteiger charge is 2.42. The van der Waals surface area contributed by atoms with E-state index < -0.39 is 21.7 Å². The molecule has 2 N–H and O–H groups in total. The van der Waals surface area contributed by atoms with E-state index in [1.807, 2.05) is 13.8 Å². The van der Waals surface area contributed by atoms with Gasteiger partial charge in [-0.1, -0.05) is 0 Å². The van der Waals surface area contributed by atoms with Crippen molar-refractivity contribution in [2.45, 2.75) is 51.7 Å². The minimum absolute atomic E-state index is 0.0529. The van der Waals surface area contributed by atoms with Crippen LogP contribution in [0.3, 0.4) is 0 Å². The zero-order valence-electron chi connectivity index (χ0n) is 14.7. The molecule has 2 saturated carbocycles. The molecule has 138 valence electrons. The number of anilines is 1. The van der Waals surface area contributed by atoms with Gasteiger partial charge in [0.1, 0.15) is 11.5 Å². The van der Waals surface area contributed by atoms with Gasteiger partial charge < -0.3 is 10.1 Å². The molecule has 25 heavy (non-hydrogen) atoms. The molecule has 0 saturated heterocycles. The van der Waals surface area contributed by atoms with E-state index in [1.165, 1.54) is 0 Å². The second-order valence-electron chi connectivity index (χ2n) is 7.32. The largest absolute Gasteiger partial charge is 0.491 e. The Hall–Kier alpha value is -1.76. The molecular weight excluding hydrogens is 340 g/mol. The molecule has 0 atom stereocenters. The fraction of sp³-hybridized carbons (Fsp3) is 0.611. The Morgan fingerprint density at radius 1 is 1.12 bits per heavy atom. The molecule has 0 heterocycles. The normalized spacial score (nSPS) is 17.6. The van der Waals surface area contributed by atoms with Crippen LogP contribution in [0.15, 0.2) is 24.3 Å². The van der Waals surface area contributed by atoms with E-state index in [9.17, 15) is 13.2 Å². The highest BCUT2D eigenvalue weighted by molar-refractivity contribution is 7.93. The second-order valence-corrected chi connectivity index (χ2v) is 9.04. The Balaban J connectivity index is 1.53. The molecule has 0 bridgehead atoms. The first-order valence-electron chi connectivity index (χ1n) is 8.89. The fourth-order valence-corrected chi connectivity index (χ4v) is 4.02. The Bertz CT molecular complexity index is 695. The molecule has 0 spiro atoms. The van der Waals surface area contributed by atoms with Gasteiger partial charge >= 0.3 is 0 Å². The summed E-state index contributed by atoms with van der Waals surface area (Å²) in [7, 11) is -3.73. The van der Waals surface area contributed by atoms with Crippen LogP contribution in [0.4, 0.5) is 5.69 Å². The van der Waals surface area contributed by atoms with Crippen molar-refractivity contribution in [1.29, 1.82) is 0 Å². The van der Waals surface area contributed by atoms with E-state index in [0.717, 1.165) is 25.7 Å². The van der Waals surface area contributed by atoms with Crippen LogP contribution >= 0.6 is 0 Å². The molecule has 0 aromatic heterocycles. The van der Waals surface area contributed by atoms with E-state index in [-0.39, 0.29) is 12.1 Å². The van der Waals surface area contributed by atoms with Gasteiger partial charge in [0, 0.05) is 11.7 Å². The van der Waals surface area contributed by atoms with Gasteiger partial charge in [-0.25, -0.2) is 8.42 Å². The number of nitrogens with one attached hydrogen (secondary N) is 2. The van der Waals surface area contributed by atoms with Gasteiger partial charge in [-0.3, -0.25) is 9.52 Å². The lowest BCUT2D eigenvalue weighted by atomic mass is 10.1. The zero-order valence-corrected chi connectivity index (χ0v) is 15.5. The van der Waals surface area contributed by atoms with Gasteiger partial charge in [0.25, 0.3) is 0 Å². The van der Waals surface area contributed by atoms with Crippen molar-refractivity contribution < 1.29 is 17.9 Å². The van der Waals surface area contributed by atoms with Crippen molar-refractivity contribution in [2.75, 3.05) is 10.5 Å². The zero-order chi connectivity index (χ0) is 18.0. The van der Waals surface area contributed by atoms with Gasteiger partial charge in [0.15, 0.2) is 0 Å². The molecule has 1 aromatic carbocycles. The van der Waals surface area contributed by atoms with Crippen LogP contribution in [0.5, 0.6) is 5.75 Å². The molecule has 0 unspecified atom stereocenters. The number of benzene rings is 1. The number of carbonyl (C=O) groups is 1. The predicted molar refractivity (Wildman–Crippen MR) is 97.0 cm³/mol. The quantitative estimate of drug-likeness (QED) is 0.703. The molecule has 2 aliphatic carbocycles. The van der Waals surface area contributed by atoms with Gasteiger partial charge in [-0.2, -0.15) is 0 Å². The van der Waals surface area contributed by atoms with Crippen LogP contribution in [0.2, 0.25) is 0 Å². The third-order valence-corrected chi connectivity index (χ3v) is 5.60. The lowest BCUT2D eigenvalue weighted by Gasteiger charge is -2.18. The monoisotopic (exact) mass is 366 g/mol. The number of carbonyl (C=O) groups excluding carboxylic acids is 1. The van der Waals surface area contributed by atoms with Crippen molar-refractivity contribution in [3.63, 3.8) is 0 Å². The maximum atomic E-state index is 12.2. The van der Waals surface area contributed by atoms with E-state index in [1.54, 1.807) is 24.3 Å². The third-order valence-electron chi connectivity index (χ3n) is 4.41. The van der Waals surface area contributed by atoms with Crippen molar-refractivity contribution in [3.8, 4) is 5.75 Å². The molecule has 6 nitrogen and oxygen atoms in total. The fourth-order valence-electron chi connectivity index (χ4n) is 3.02. The minimum Gasteiger partial charge on any atom is -0.491 e. The third kappa shape index (κ3) is 5.63. The summed E-state index contributed by atoms with van der Waals surface area (Å²) < 4.78 is 32.4. The number of hydrogen-bond donors (Lipinski definition) is 2. The van der Waals surface area contributed by atoms with E-state index in [2.05, 4.69) is 10.0 Å². The number of ether oxygens (including phenoxy) is 1. The molecule has 0 radical (unpaired) electrons. The Morgan fingerprint density at radius 2 is 1.68 bits per heavy atom. The van der Waals surface area contributed by atoms with E-state index in [4.69, 9.17) is 4.74 Å². The van der Waals surface area contributed by atoms with Gasteiger partial charge in [-0.15, -0.1) is 0 Å². The number of rotatable bonds is 9. The highest BCUT2D eigenvalue weighted by atomic mass is 32.2. The highest BCUT2D eigenvalue weighted by Crippen LogP contribution is 2.44. The smallest absolute Gasteiger partial charge is 0.241 e. The van der Waals surface area contributed by atoms with Crippen LogP contribution in [-0.2, 0) is 14.8 Å². The molecule has 1 aromatic rings. The Kier molecular flexibility index (Phi) is 5.22. The number of amides is 1. The van der Waals surface area contributed by atoms with Crippen LogP contribution in [0.25, 0.3) is 0 Å². The minimum atomic E-state index is -3.73. The first kappa shape index (κ1) is 18.0. The molecule has 2 aliphatic rings. The summed E-state index contributed by atoms with van der Waals surface area (Å²) in [5, 5.41) is 2.94. The van der Waals surface area contributed by atoms with Gasteiger partial charge in [-0.05, 0) is 75.6 Å². The van der Waals surface area contributed by atoms with Crippen LogP contribution in [0.1, 0.15) is 39.5 Å². The summed E-state index contributed by atoms with van der Waals surface area (Å²) in [6.45, 7) is 3.84. The molecule has 1 amide bonds. The summed E-state index contributed by atoms with van der Waals surface area (Å²) in [5.74, 6) is 0.789. The van der Waals surface area contributed by atoms with Gasteiger partial charge in [0.05, 0.1) is 6.10 Å². The summed E-state index contributed by atoms with van der Waals surface area (Å²) in [6, 6.07) is 6.83. The van der Waals surface area contributed by atoms with Crippen molar-refractivity contribution >= 4 is 21.6 Å². The van der Waals surface area contributed by atoms with Gasteiger partial charge in [0.2, 0.25) is 15.9 Å². The van der Waals surface area contributed by atoms with Crippen LogP contribution in [0, 0.1) is 11.8 Å². The Labute approximate surface area is 149 Å². The topological polar surface area (TPSA) is 84.5 Å². The average Bonchev–Trinajstić information content (AvgIpc) is 3.38. The maximum absolute atomic E-state index is 12.2. The summed E-state index contributed by atoms with van der Waals surface area (Å²) >= 11 is 0. The number of hydrogen-bond acceptors (Lipinski definition) is 4. The Morgan fingerprint density at radius 3 is 2.16 bits per heavy atom. The van der Waals surface area contributed by atoms with E-state index >= 15 is 0 Å². The lowest BCUT2D eigenvalue weighted by molar-refractivity contribution is -0.119. The first-order valence-corrected chi connectivity index (χ1v) is 10.5. The first-order chi connectivity index (χ1) is 11.8. The van der Waals surface area contributed by atoms with Crippen molar-refractivity contribution in [2.24, 2.45) is 11.8 Å². The molecule has 3 rings (SSSR count). The summed E-state index contributed by atoms with van der Waals surface area (Å²) in [4.78, 5) is 12.1. The summed E-state index contributed by atoms with van der Waals surface area (Å²) in [6.07, 6.45) is 4.60.